The number of hydrogen-bond donors (Lipinski definition) is 3. The van der Waals surface area contributed by atoms with E-state index in [4.69, 9.17) is 0 Å². The average molecular weight is 289 g/mol. The molecular formula is C13H16F3N2O2+. The minimum atomic E-state index is -4.73. The summed E-state index contributed by atoms with van der Waals surface area (Å²) in [6.45, 7) is 3.37. The molecule has 1 aliphatic heterocycles. The summed E-state index contributed by atoms with van der Waals surface area (Å²) >= 11 is 0. The van der Waals surface area contributed by atoms with Crippen molar-refractivity contribution in [3.8, 4) is 5.75 Å². The van der Waals surface area contributed by atoms with Gasteiger partial charge in [0.2, 0.25) is 0 Å². The van der Waals surface area contributed by atoms with Crippen LogP contribution in [0.2, 0.25) is 0 Å². The molecule has 1 amide bonds. The molecule has 20 heavy (non-hydrogen) atoms. The summed E-state index contributed by atoms with van der Waals surface area (Å²) in [7, 11) is 0. The number of carbonyl (C=O) groups excluding carboxylic acids is 1. The van der Waals surface area contributed by atoms with Gasteiger partial charge in [-0.15, -0.1) is 0 Å². The Hall–Kier alpha value is -1.76. The number of amides is 1. The monoisotopic (exact) mass is 289 g/mol. The molecule has 0 saturated carbocycles. The van der Waals surface area contributed by atoms with Gasteiger partial charge in [0.15, 0.2) is 0 Å². The van der Waals surface area contributed by atoms with Crippen LogP contribution in [0.25, 0.3) is 0 Å². The molecule has 0 spiro atoms. The van der Waals surface area contributed by atoms with Crippen LogP contribution >= 0.6 is 0 Å². The second-order valence-corrected chi connectivity index (χ2v) is 5.01. The molecule has 2 rings (SSSR count). The van der Waals surface area contributed by atoms with E-state index in [0.717, 1.165) is 5.32 Å². The summed E-state index contributed by atoms with van der Waals surface area (Å²) in [6, 6.07) is 2.44. The van der Waals surface area contributed by atoms with E-state index < -0.39 is 17.6 Å². The Kier molecular flexibility index (Phi) is 3.41. The topological polar surface area (TPSA) is 65.9 Å². The number of piperazine rings is 1. The number of phenols is 1. The van der Waals surface area contributed by atoms with Gasteiger partial charge in [-0.25, -0.2) is 0 Å². The molecule has 0 aliphatic carbocycles. The third-order valence-electron chi connectivity index (χ3n) is 3.63. The van der Waals surface area contributed by atoms with Crippen molar-refractivity contribution in [2.75, 3.05) is 13.1 Å². The molecule has 0 aromatic heterocycles. The van der Waals surface area contributed by atoms with Crippen LogP contribution in [-0.4, -0.2) is 30.3 Å². The first-order valence-electron chi connectivity index (χ1n) is 6.20. The first kappa shape index (κ1) is 14.6. The van der Waals surface area contributed by atoms with Gasteiger partial charge in [-0.3, -0.25) is 4.79 Å². The van der Waals surface area contributed by atoms with Crippen molar-refractivity contribution < 1.29 is 28.4 Å². The predicted octanol–water partition coefficient (Wildman–Crippen LogP) is 0.460. The fraction of sp³-hybridized carbons (Fsp3) is 0.462. The molecule has 4 nitrogen and oxygen atoms in total. The van der Waals surface area contributed by atoms with Gasteiger partial charge in [-0.1, -0.05) is 0 Å². The molecule has 0 unspecified atom stereocenters. The van der Waals surface area contributed by atoms with Crippen LogP contribution in [0.1, 0.15) is 16.7 Å². The molecule has 1 saturated heterocycles. The van der Waals surface area contributed by atoms with E-state index in [1.807, 2.05) is 0 Å². The number of benzene rings is 1. The summed E-state index contributed by atoms with van der Waals surface area (Å²) in [4.78, 5) is 11.9. The lowest BCUT2D eigenvalue weighted by Gasteiger charge is -2.35. The van der Waals surface area contributed by atoms with Gasteiger partial charge >= 0.3 is 6.18 Å². The highest BCUT2D eigenvalue weighted by Gasteiger charge is 2.66. The van der Waals surface area contributed by atoms with Crippen molar-refractivity contribution in [2.45, 2.75) is 25.6 Å². The Labute approximate surface area is 114 Å². The largest absolute Gasteiger partial charge is 0.507 e. The Bertz CT molecular complexity index is 534. The van der Waals surface area contributed by atoms with Crippen molar-refractivity contribution in [2.24, 2.45) is 0 Å². The van der Waals surface area contributed by atoms with Crippen LogP contribution in [0.4, 0.5) is 13.2 Å². The molecule has 7 heteroatoms. The van der Waals surface area contributed by atoms with Gasteiger partial charge in [-0.2, -0.15) is 13.2 Å². The van der Waals surface area contributed by atoms with Crippen molar-refractivity contribution in [1.29, 1.82) is 0 Å². The van der Waals surface area contributed by atoms with Crippen LogP contribution in [-0.2, 0) is 10.3 Å². The highest BCUT2D eigenvalue weighted by molar-refractivity contribution is 5.87. The zero-order valence-corrected chi connectivity index (χ0v) is 11.1. The van der Waals surface area contributed by atoms with Gasteiger partial charge in [0.25, 0.3) is 11.4 Å². The maximum Gasteiger partial charge on any atom is 0.458 e. The molecule has 1 aliphatic rings. The third kappa shape index (κ3) is 2.02. The lowest BCUT2D eigenvalue weighted by Crippen LogP contribution is -3.04. The maximum atomic E-state index is 13.5. The first-order chi connectivity index (χ1) is 9.20. The summed E-state index contributed by atoms with van der Waals surface area (Å²) in [5, 5.41) is 13.0. The molecule has 4 N–H and O–H groups in total. The van der Waals surface area contributed by atoms with Crippen LogP contribution in [0.3, 0.4) is 0 Å². The number of quaternary nitrogens is 1. The maximum absolute atomic E-state index is 13.5. The van der Waals surface area contributed by atoms with Crippen molar-refractivity contribution in [1.82, 2.24) is 5.32 Å². The molecule has 0 radical (unpaired) electrons. The lowest BCUT2D eigenvalue weighted by molar-refractivity contribution is -0.750. The number of nitrogens with one attached hydrogen (secondary N) is 1. The van der Waals surface area contributed by atoms with Crippen LogP contribution in [0.15, 0.2) is 12.1 Å². The quantitative estimate of drug-likeness (QED) is 0.703. The summed E-state index contributed by atoms with van der Waals surface area (Å²) in [5.41, 5.74) is -2.17. The zero-order chi connectivity index (χ0) is 15.1. The number of nitrogens with two attached hydrogens (primary N) is 1. The molecule has 1 aromatic carbocycles. The van der Waals surface area contributed by atoms with Crippen molar-refractivity contribution in [3.63, 3.8) is 0 Å². The lowest BCUT2D eigenvalue weighted by atomic mass is 9.84. The SMILES string of the molecule is Cc1cc([C@]2(C(F)(F)F)[NH2+]CCNC2=O)cc(C)c1O. The molecule has 110 valence electrons. The summed E-state index contributed by atoms with van der Waals surface area (Å²) < 4.78 is 40.6. The molecule has 1 fully saturated rings. The second-order valence-electron chi connectivity index (χ2n) is 5.01. The fourth-order valence-corrected chi connectivity index (χ4v) is 2.55. The second kappa shape index (κ2) is 4.66. The van der Waals surface area contributed by atoms with E-state index in [0.29, 0.717) is 11.1 Å². The highest BCUT2D eigenvalue weighted by Crippen LogP contribution is 2.39. The minimum Gasteiger partial charge on any atom is -0.507 e. The highest BCUT2D eigenvalue weighted by atomic mass is 19.4. The molecule has 1 aromatic rings. The van der Waals surface area contributed by atoms with E-state index in [2.05, 4.69) is 5.32 Å². The number of halogens is 3. The minimum absolute atomic E-state index is 0.0534. The van der Waals surface area contributed by atoms with Crippen molar-refractivity contribution >= 4 is 5.91 Å². The van der Waals surface area contributed by atoms with Gasteiger partial charge in [-0.05, 0) is 37.1 Å². The van der Waals surface area contributed by atoms with E-state index >= 15 is 0 Å². The molecule has 0 bridgehead atoms. The Morgan fingerprint density at radius 1 is 1.30 bits per heavy atom. The van der Waals surface area contributed by atoms with Gasteiger partial charge < -0.3 is 15.7 Å². The van der Waals surface area contributed by atoms with E-state index in [1.54, 1.807) is 0 Å². The van der Waals surface area contributed by atoms with Crippen LogP contribution in [0.5, 0.6) is 5.75 Å². The standard InChI is InChI=1S/C13H15F3N2O2/c1-7-5-9(6-8(2)10(7)19)12(13(14,15)16)11(20)17-3-4-18-12/h5-6,18-19H,3-4H2,1-2H3,(H,17,20)/p+1/t12-/m0/s1. The van der Waals surface area contributed by atoms with Gasteiger partial charge in [0, 0.05) is 5.56 Å². The van der Waals surface area contributed by atoms with Crippen LogP contribution < -0.4 is 10.6 Å². The Morgan fingerprint density at radius 3 is 2.30 bits per heavy atom. The fourth-order valence-electron chi connectivity index (χ4n) is 2.55. The van der Waals surface area contributed by atoms with E-state index in [1.165, 1.54) is 26.0 Å². The number of aryl methyl sites for hydroxylation is 2. The number of rotatable bonds is 1. The Balaban J connectivity index is 2.67. The molecule has 1 heterocycles. The Morgan fingerprint density at radius 2 is 1.85 bits per heavy atom. The van der Waals surface area contributed by atoms with E-state index in [9.17, 15) is 23.1 Å². The number of aromatic hydroxyl groups is 1. The van der Waals surface area contributed by atoms with Crippen molar-refractivity contribution in [3.05, 3.63) is 28.8 Å². The number of phenolic OH excluding ortho intramolecular Hbond substituents is 1. The first-order valence-corrected chi connectivity index (χ1v) is 6.20. The molecular weight excluding hydrogens is 273 g/mol. The number of alkyl halides is 3. The van der Waals surface area contributed by atoms with Gasteiger partial charge in [0.1, 0.15) is 5.75 Å². The normalized spacial score (nSPS) is 23.6. The molecule has 1 atom stereocenters. The number of hydrogen-bond acceptors (Lipinski definition) is 2. The number of carbonyl (C=O) groups is 1. The van der Waals surface area contributed by atoms with Gasteiger partial charge in [0.05, 0.1) is 13.1 Å². The average Bonchev–Trinajstić information content (AvgIpc) is 2.34. The summed E-state index contributed by atoms with van der Waals surface area (Å²) in [5.74, 6) is -1.12. The zero-order valence-electron chi connectivity index (χ0n) is 11.1. The third-order valence-corrected chi connectivity index (χ3v) is 3.63. The predicted molar refractivity (Wildman–Crippen MR) is 65.1 cm³/mol. The van der Waals surface area contributed by atoms with Crippen LogP contribution in [0, 0.1) is 13.8 Å². The summed E-state index contributed by atoms with van der Waals surface area (Å²) in [6.07, 6.45) is -4.73. The van der Waals surface area contributed by atoms with E-state index in [-0.39, 0.29) is 24.4 Å². The smallest absolute Gasteiger partial charge is 0.458 e.